The van der Waals surface area contributed by atoms with Crippen LogP contribution in [0.2, 0.25) is 0 Å². The van der Waals surface area contributed by atoms with Gasteiger partial charge in [-0.15, -0.1) is 28.1 Å². The Labute approximate surface area is 199 Å². The van der Waals surface area contributed by atoms with Crippen molar-refractivity contribution in [1.29, 1.82) is 0 Å². The molecule has 0 saturated heterocycles. The summed E-state index contributed by atoms with van der Waals surface area (Å²) in [6.45, 7) is 7.85. The van der Waals surface area contributed by atoms with Gasteiger partial charge in [0.15, 0.2) is 11.0 Å². The Morgan fingerprint density at radius 1 is 1.24 bits per heavy atom. The van der Waals surface area contributed by atoms with Crippen LogP contribution in [0.25, 0.3) is 11.4 Å². The van der Waals surface area contributed by atoms with Crippen LogP contribution in [-0.4, -0.2) is 45.4 Å². The van der Waals surface area contributed by atoms with Gasteiger partial charge in [-0.3, -0.25) is 14.2 Å². The number of nitrogens with two attached hydrogens (primary N) is 1. The molecule has 9 nitrogen and oxygen atoms in total. The van der Waals surface area contributed by atoms with Gasteiger partial charge in [0, 0.05) is 12.1 Å². The molecule has 11 heteroatoms. The summed E-state index contributed by atoms with van der Waals surface area (Å²) < 4.78 is 6.66. The van der Waals surface area contributed by atoms with Crippen molar-refractivity contribution in [3.05, 3.63) is 58.5 Å². The van der Waals surface area contributed by atoms with Gasteiger partial charge in [-0.05, 0) is 19.4 Å². The third-order valence-electron chi connectivity index (χ3n) is 4.68. The fourth-order valence-electron chi connectivity index (χ4n) is 3.08. The number of benzene rings is 1. The van der Waals surface area contributed by atoms with Crippen LogP contribution in [0.5, 0.6) is 0 Å². The molecule has 33 heavy (non-hydrogen) atoms. The minimum Gasteiger partial charge on any atom is -0.465 e. The predicted octanol–water partition coefficient (Wildman–Crippen LogP) is 3.43. The number of carbonyl (C=O) groups excluding carboxylic acids is 3. The van der Waals surface area contributed by atoms with Crippen molar-refractivity contribution in [2.24, 2.45) is 5.73 Å². The average Bonchev–Trinajstić information content (AvgIpc) is 3.33. The van der Waals surface area contributed by atoms with Crippen molar-refractivity contribution in [2.45, 2.75) is 25.5 Å². The first kappa shape index (κ1) is 24.2. The highest BCUT2D eigenvalue weighted by Crippen LogP contribution is 2.34. The van der Waals surface area contributed by atoms with E-state index in [1.54, 1.807) is 13.0 Å². The standard InChI is InChI=1S/C22H23N5O4S2/c1-5-10-27-19(14-8-6-12(2)7-9-14)25-26-22(27)32-11-15(28)24-20-16(21(30)31-4)13(3)17(33-20)18(23)29/h5-9H,1,10-11H2,2-4H3,(H2,23,29)(H,24,28). The third-order valence-corrected chi connectivity index (χ3v) is 6.87. The number of thioether (sulfide) groups is 1. The second-order valence-corrected chi connectivity index (χ2v) is 8.99. The number of thiophene rings is 1. The maximum atomic E-state index is 12.7. The van der Waals surface area contributed by atoms with Crippen LogP contribution in [-0.2, 0) is 16.1 Å². The first-order chi connectivity index (χ1) is 15.8. The van der Waals surface area contributed by atoms with Crippen LogP contribution in [0, 0.1) is 13.8 Å². The number of nitrogens with one attached hydrogen (secondary N) is 1. The summed E-state index contributed by atoms with van der Waals surface area (Å²) in [4.78, 5) is 36.7. The largest absolute Gasteiger partial charge is 0.465 e. The summed E-state index contributed by atoms with van der Waals surface area (Å²) in [7, 11) is 1.23. The molecule has 2 amide bonds. The van der Waals surface area contributed by atoms with Gasteiger partial charge in [0.25, 0.3) is 5.91 Å². The predicted molar refractivity (Wildman–Crippen MR) is 129 cm³/mol. The first-order valence-electron chi connectivity index (χ1n) is 9.82. The van der Waals surface area contributed by atoms with Gasteiger partial charge >= 0.3 is 5.97 Å². The lowest BCUT2D eigenvalue weighted by molar-refractivity contribution is -0.113. The molecule has 0 saturated carbocycles. The molecule has 0 spiro atoms. The number of rotatable bonds is 9. The lowest BCUT2D eigenvalue weighted by Gasteiger charge is -2.08. The Morgan fingerprint density at radius 2 is 1.94 bits per heavy atom. The second-order valence-electron chi connectivity index (χ2n) is 7.02. The molecule has 0 bridgehead atoms. The highest BCUT2D eigenvalue weighted by Gasteiger charge is 2.25. The van der Waals surface area contributed by atoms with Crippen molar-refractivity contribution >= 4 is 45.9 Å². The summed E-state index contributed by atoms with van der Waals surface area (Å²) >= 11 is 2.14. The molecule has 0 aliphatic carbocycles. The average molecular weight is 486 g/mol. The molecule has 2 aromatic heterocycles. The van der Waals surface area contributed by atoms with E-state index in [-0.39, 0.29) is 27.1 Å². The number of primary amides is 1. The molecule has 3 N–H and O–H groups in total. The van der Waals surface area contributed by atoms with Gasteiger partial charge in [0.1, 0.15) is 5.00 Å². The molecule has 2 heterocycles. The Morgan fingerprint density at radius 3 is 2.55 bits per heavy atom. The minimum atomic E-state index is -0.682. The minimum absolute atomic E-state index is 0.00659. The quantitative estimate of drug-likeness (QED) is 0.270. The van der Waals surface area contributed by atoms with Crippen LogP contribution in [0.3, 0.4) is 0 Å². The zero-order valence-corrected chi connectivity index (χ0v) is 20.0. The second kappa shape index (κ2) is 10.5. The van der Waals surface area contributed by atoms with Gasteiger partial charge in [0.2, 0.25) is 5.91 Å². The van der Waals surface area contributed by atoms with Crippen LogP contribution in [0.15, 0.2) is 42.1 Å². The molecule has 0 aliphatic heterocycles. The SMILES string of the molecule is C=CCn1c(SCC(=O)Nc2sc(C(N)=O)c(C)c2C(=O)OC)nnc1-c1ccc(C)cc1. The number of aromatic nitrogens is 3. The van der Waals surface area contributed by atoms with E-state index in [4.69, 9.17) is 10.5 Å². The van der Waals surface area contributed by atoms with E-state index in [0.717, 1.165) is 22.5 Å². The van der Waals surface area contributed by atoms with Crippen molar-refractivity contribution < 1.29 is 19.1 Å². The number of ether oxygens (including phenoxy) is 1. The number of aryl methyl sites for hydroxylation is 1. The third kappa shape index (κ3) is 5.32. The summed E-state index contributed by atoms with van der Waals surface area (Å²) in [5.74, 6) is -1.04. The molecule has 3 rings (SSSR count). The molecule has 3 aromatic rings. The summed E-state index contributed by atoms with van der Waals surface area (Å²) in [5, 5.41) is 12.0. The van der Waals surface area contributed by atoms with E-state index < -0.39 is 11.9 Å². The van der Waals surface area contributed by atoms with Crippen LogP contribution < -0.4 is 11.1 Å². The highest BCUT2D eigenvalue weighted by atomic mass is 32.2. The maximum absolute atomic E-state index is 12.7. The lowest BCUT2D eigenvalue weighted by atomic mass is 10.1. The van der Waals surface area contributed by atoms with E-state index in [1.807, 2.05) is 35.8 Å². The van der Waals surface area contributed by atoms with Crippen molar-refractivity contribution in [1.82, 2.24) is 14.8 Å². The number of carbonyl (C=O) groups is 3. The van der Waals surface area contributed by atoms with E-state index in [9.17, 15) is 14.4 Å². The summed E-state index contributed by atoms with van der Waals surface area (Å²) in [5.41, 5.74) is 7.91. The van der Waals surface area contributed by atoms with Gasteiger partial charge in [-0.25, -0.2) is 4.79 Å². The monoisotopic (exact) mass is 485 g/mol. The number of nitrogens with zero attached hydrogens (tertiary/aromatic N) is 3. The normalized spacial score (nSPS) is 10.6. The topological polar surface area (TPSA) is 129 Å². The Bertz CT molecular complexity index is 1210. The van der Waals surface area contributed by atoms with E-state index in [0.29, 0.717) is 23.1 Å². The zero-order chi connectivity index (χ0) is 24.1. The number of amides is 2. The fraction of sp³-hybridized carbons (Fsp3) is 0.227. The number of hydrogen-bond donors (Lipinski definition) is 2. The van der Waals surface area contributed by atoms with Gasteiger partial charge in [0.05, 0.1) is 23.3 Å². The van der Waals surface area contributed by atoms with Crippen molar-refractivity contribution in [3.8, 4) is 11.4 Å². The van der Waals surface area contributed by atoms with Crippen LogP contribution in [0.4, 0.5) is 5.00 Å². The van der Waals surface area contributed by atoms with Crippen LogP contribution >= 0.6 is 23.1 Å². The maximum Gasteiger partial charge on any atom is 0.341 e. The Hall–Kier alpha value is -3.44. The first-order valence-corrected chi connectivity index (χ1v) is 11.6. The molecule has 0 atom stereocenters. The van der Waals surface area contributed by atoms with Gasteiger partial charge in [-0.2, -0.15) is 0 Å². The molecule has 0 radical (unpaired) electrons. The number of esters is 1. The van der Waals surface area contributed by atoms with Crippen LogP contribution in [0.1, 0.15) is 31.2 Å². The number of allylic oxidation sites excluding steroid dienone is 1. The van der Waals surface area contributed by atoms with E-state index in [1.165, 1.54) is 18.9 Å². The Balaban J connectivity index is 1.79. The van der Waals surface area contributed by atoms with Gasteiger partial charge in [-0.1, -0.05) is 47.7 Å². The smallest absolute Gasteiger partial charge is 0.341 e. The molecule has 0 unspecified atom stereocenters. The zero-order valence-electron chi connectivity index (χ0n) is 18.4. The van der Waals surface area contributed by atoms with Crippen molar-refractivity contribution in [2.75, 3.05) is 18.2 Å². The highest BCUT2D eigenvalue weighted by molar-refractivity contribution is 7.99. The Kier molecular flexibility index (Phi) is 7.67. The number of anilines is 1. The number of hydrogen-bond acceptors (Lipinski definition) is 8. The van der Waals surface area contributed by atoms with Gasteiger partial charge < -0.3 is 15.8 Å². The molecule has 0 fully saturated rings. The molecule has 172 valence electrons. The van der Waals surface area contributed by atoms with E-state index in [2.05, 4.69) is 22.1 Å². The lowest BCUT2D eigenvalue weighted by Crippen LogP contribution is -2.16. The number of methoxy groups -OCH3 is 1. The van der Waals surface area contributed by atoms with Crippen molar-refractivity contribution in [3.63, 3.8) is 0 Å². The fourth-order valence-corrected chi connectivity index (χ4v) is 4.89. The van der Waals surface area contributed by atoms with E-state index >= 15 is 0 Å². The molecule has 1 aromatic carbocycles. The summed E-state index contributed by atoms with van der Waals surface area (Å²) in [6.07, 6.45) is 1.73. The summed E-state index contributed by atoms with van der Waals surface area (Å²) in [6, 6.07) is 7.91. The molecular formula is C22H23N5O4S2. The molecular weight excluding hydrogens is 462 g/mol. The molecule has 0 aliphatic rings.